The molecule has 0 unspecified atom stereocenters. The Hall–Kier alpha value is -0.840. The Morgan fingerprint density at radius 2 is 2.16 bits per heavy atom. The molecule has 0 fully saturated rings. The largest absolute Gasteiger partial charge is 0.371 e. The molecular formula is C13H18Cl2FN3. The third kappa shape index (κ3) is 3.59. The molecule has 1 N–H and O–H groups in total. The van der Waals surface area contributed by atoms with E-state index in [1.165, 1.54) is 0 Å². The molecule has 0 amide bonds. The van der Waals surface area contributed by atoms with Gasteiger partial charge in [0.15, 0.2) is 0 Å². The van der Waals surface area contributed by atoms with Crippen molar-refractivity contribution in [2.45, 2.75) is 13.0 Å². The fourth-order valence-corrected chi connectivity index (χ4v) is 2.52. The molecule has 6 heteroatoms. The molecule has 19 heavy (non-hydrogen) atoms. The minimum atomic E-state index is -0.0570. The number of nitrogens with one attached hydrogen (secondary N) is 1. The lowest BCUT2D eigenvalue weighted by Crippen LogP contribution is -2.38. The Bertz CT molecular complexity index is 465. The number of halogens is 3. The minimum absolute atomic E-state index is 0. The first-order valence-corrected chi connectivity index (χ1v) is 6.09. The van der Waals surface area contributed by atoms with Crippen molar-refractivity contribution >= 4 is 30.6 Å². The molecule has 3 nitrogen and oxygen atoms in total. The third-order valence-corrected chi connectivity index (χ3v) is 3.40. The number of benzene rings is 1. The first-order valence-electron chi connectivity index (χ1n) is 6.09. The molecular weight excluding hydrogens is 288 g/mol. The maximum Gasteiger partial charge on any atom is 0.126 e. The van der Waals surface area contributed by atoms with Gasteiger partial charge in [-0.3, -0.25) is 9.89 Å². The Kier molecular flexibility index (Phi) is 6.04. The topological polar surface area (TPSA) is 27.6 Å². The molecule has 0 radical (unpaired) electrons. The average molecular weight is 306 g/mol. The molecule has 0 spiro atoms. The second kappa shape index (κ2) is 7.08. The number of rotatable bonds is 2. The van der Waals surface area contributed by atoms with Crippen molar-refractivity contribution in [3.63, 3.8) is 0 Å². The average Bonchev–Trinajstić information content (AvgIpc) is 2.82. The van der Waals surface area contributed by atoms with Crippen LogP contribution in [0, 0.1) is 5.82 Å². The summed E-state index contributed by atoms with van der Waals surface area (Å²) >= 11 is 0. The van der Waals surface area contributed by atoms with Gasteiger partial charge in [-0.05, 0) is 23.6 Å². The summed E-state index contributed by atoms with van der Waals surface area (Å²) in [6, 6.07) is 5.37. The fraction of sp³-hybridized carbons (Fsp3) is 0.462. The van der Waals surface area contributed by atoms with Crippen LogP contribution >= 0.6 is 24.8 Å². The molecule has 0 atom stereocenters. The van der Waals surface area contributed by atoms with Crippen molar-refractivity contribution in [1.82, 2.24) is 10.2 Å². The Labute approximate surface area is 125 Å². The Balaban J connectivity index is 0.000000902. The van der Waals surface area contributed by atoms with Gasteiger partial charge in [-0.25, -0.2) is 4.39 Å². The van der Waals surface area contributed by atoms with Crippen LogP contribution in [0.2, 0.25) is 0 Å². The molecule has 1 aromatic carbocycles. The van der Waals surface area contributed by atoms with Crippen LogP contribution in [0.25, 0.3) is 0 Å². The van der Waals surface area contributed by atoms with Crippen LogP contribution in [0.5, 0.6) is 0 Å². The molecule has 106 valence electrons. The standard InChI is InChI=1S/C13H16FN3.2ClH/c14-12-3-1-2-10-8-17(7-4-11(10)12)9-13-15-5-6-16-13;;/h1-3H,4-9H2,(H,15,16);2*1H. The monoisotopic (exact) mass is 305 g/mol. The molecule has 0 bridgehead atoms. The van der Waals surface area contributed by atoms with Crippen LogP contribution in [-0.4, -0.2) is 36.9 Å². The van der Waals surface area contributed by atoms with E-state index in [1.807, 2.05) is 6.07 Å². The maximum absolute atomic E-state index is 13.5. The van der Waals surface area contributed by atoms with E-state index < -0.39 is 0 Å². The van der Waals surface area contributed by atoms with Gasteiger partial charge in [0, 0.05) is 19.6 Å². The number of hydrogen-bond donors (Lipinski definition) is 1. The van der Waals surface area contributed by atoms with E-state index in [0.717, 1.165) is 56.1 Å². The van der Waals surface area contributed by atoms with E-state index in [2.05, 4.69) is 15.2 Å². The van der Waals surface area contributed by atoms with Crippen molar-refractivity contribution in [1.29, 1.82) is 0 Å². The van der Waals surface area contributed by atoms with Crippen molar-refractivity contribution in [2.24, 2.45) is 4.99 Å². The lowest BCUT2D eigenvalue weighted by atomic mass is 9.99. The lowest BCUT2D eigenvalue weighted by Gasteiger charge is -2.28. The minimum Gasteiger partial charge on any atom is -0.371 e. The van der Waals surface area contributed by atoms with Crippen LogP contribution in [0.3, 0.4) is 0 Å². The van der Waals surface area contributed by atoms with Gasteiger partial charge in [0.2, 0.25) is 0 Å². The second-order valence-corrected chi connectivity index (χ2v) is 4.59. The fourth-order valence-electron chi connectivity index (χ4n) is 2.52. The zero-order valence-electron chi connectivity index (χ0n) is 10.6. The molecule has 0 aromatic heterocycles. The van der Waals surface area contributed by atoms with E-state index in [-0.39, 0.29) is 30.6 Å². The third-order valence-electron chi connectivity index (χ3n) is 3.40. The first kappa shape index (κ1) is 16.2. The molecule has 1 aromatic rings. The molecule has 0 saturated heterocycles. The number of amidine groups is 1. The summed E-state index contributed by atoms with van der Waals surface area (Å²) in [4.78, 5) is 6.71. The quantitative estimate of drug-likeness (QED) is 0.905. The van der Waals surface area contributed by atoms with Crippen molar-refractivity contribution in [2.75, 3.05) is 26.2 Å². The summed E-state index contributed by atoms with van der Waals surface area (Å²) in [5.74, 6) is 1.02. The maximum atomic E-state index is 13.5. The molecule has 2 aliphatic heterocycles. The van der Waals surface area contributed by atoms with Gasteiger partial charge in [-0.2, -0.15) is 0 Å². The zero-order valence-corrected chi connectivity index (χ0v) is 12.2. The van der Waals surface area contributed by atoms with Gasteiger partial charge < -0.3 is 5.32 Å². The molecule has 2 heterocycles. The predicted molar refractivity (Wildman–Crippen MR) is 80.2 cm³/mol. The smallest absolute Gasteiger partial charge is 0.126 e. The van der Waals surface area contributed by atoms with Crippen LogP contribution < -0.4 is 5.32 Å². The van der Waals surface area contributed by atoms with Crippen molar-refractivity contribution in [3.8, 4) is 0 Å². The molecule has 3 rings (SSSR count). The summed E-state index contributed by atoms with van der Waals surface area (Å²) in [7, 11) is 0. The lowest BCUT2D eigenvalue weighted by molar-refractivity contribution is 0.285. The summed E-state index contributed by atoms with van der Waals surface area (Å²) in [6.07, 6.45) is 0.801. The van der Waals surface area contributed by atoms with Crippen LogP contribution in [0.1, 0.15) is 11.1 Å². The first-order chi connectivity index (χ1) is 8.33. The van der Waals surface area contributed by atoms with Crippen LogP contribution in [0.15, 0.2) is 23.2 Å². The van der Waals surface area contributed by atoms with Crippen molar-refractivity contribution in [3.05, 3.63) is 35.1 Å². The van der Waals surface area contributed by atoms with Gasteiger partial charge in [-0.15, -0.1) is 24.8 Å². The Morgan fingerprint density at radius 3 is 2.89 bits per heavy atom. The van der Waals surface area contributed by atoms with Gasteiger partial charge in [0.05, 0.1) is 13.1 Å². The Morgan fingerprint density at radius 1 is 1.32 bits per heavy atom. The van der Waals surface area contributed by atoms with Gasteiger partial charge in [0.1, 0.15) is 11.7 Å². The van der Waals surface area contributed by atoms with E-state index in [9.17, 15) is 4.39 Å². The van der Waals surface area contributed by atoms with Crippen LogP contribution in [-0.2, 0) is 13.0 Å². The van der Waals surface area contributed by atoms with E-state index >= 15 is 0 Å². The predicted octanol–water partition coefficient (Wildman–Crippen LogP) is 2.03. The van der Waals surface area contributed by atoms with Gasteiger partial charge in [-0.1, -0.05) is 12.1 Å². The summed E-state index contributed by atoms with van der Waals surface area (Å²) in [6.45, 7) is 4.43. The summed E-state index contributed by atoms with van der Waals surface area (Å²) in [5, 5.41) is 3.27. The molecule has 0 aliphatic carbocycles. The van der Waals surface area contributed by atoms with Gasteiger partial charge in [0.25, 0.3) is 0 Å². The van der Waals surface area contributed by atoms with Crippen molar-refractivity contribution < 1.29 is 4.39 Å². The van der Waals surface area contributed by atoms with E-state index in [1.54, 1.807) is 12.1 Å². The molecule has 0 saturated carbocycles. The SMILES string of the molecule is Cl.Cl.Fc1cccc2c1CCN(CC1=NCCN1)C2. The van der Waals surface area contributed by atoms with E-state index in [0.29, 0.717) is 0 Å². The number of fused-ring (bicyclic) bond motifs is 1. The summed E-state index contributed by atoms with van der Waals surface area (Å²) < 4.78 is 13.5. The number of nitrogens with zero attached hydrogens (tertiary/aromatic N) is 2. The summed E-state index contributed by atoms with van der Waals surface area (Å²) in [5.41, 5.74) is 2.01. The highest BCUT2D eigenvalue weighted by atomic mass is 35.5. The second-order valence-electron chi connectivity index (χ2n) is 4.59. The number of hydrogen-bond acceptors (Lipinski definition) is 3. The zero-order chi connectivity index (χ0) is 11.7. The normalized spacial score (nSPS) is 17.6. The highest BCUT2D eigenvalue weighted by molar-refractivity contribution is 5.86. The van der Waals surface area contributed by atoms with E-state index in [4.69, 9.17) is 0 Å². The highest BCUT2D eigenvalue weighted by Gasteiger charge is 2.20. The number of aliphatic imine (C=N–C) groups is 1. The highest BCUT2D eigenvalue weighted by Crippen LogP contribution is 2.21. The van der Waals surface area contributed by atoms with Gasteiger partial charge >= 0.3 is 0 Å². The van der Waals surface area contributed by atoms with Crippen LogP contribution in [0.4, 0.5) is 4.39 Å². The molecule has 2 aliphatic rings.